The van der Waals surface area contributed by atoms with Gasteiger partial charge in [0.25, 0.3) is 0 Å². The molecule has 3 heterocycles. The zero-order chi connectivity index (χ0) is 30.7. The molecule has 3 saturated carbocycles. The Kier molecular flexibility index (Phi) is 8.33. The van der Waals surface area contributed by atoms with E-state index in [0.29, 0.717) is 26.1 Å². The highest BCUT2D eigenvalue weighted by molar-refractivity contribution is 8.00. The van der Waals surface area contributed by atoms with E-state index < -0.39 is 23.0 Å². The number of nitrogens with two attached hydrogens (primary N) is 1. The highest BCUT2D eigenvalue weighted by Gasteiger charge is 2.68. The summed E-state index contributed by atoms with van der Waals surface area (Å²) in [5.74, 6) is -0.0870. The number of aliphatic hydroxyl groups excluding tert-OH is 1. The van der Waals surface area contributed by atoms with Crippen molar-refractivity contribution in [3.05, 3.63) is 29.9 Å². The molecule has 10 heteroatoms. The van der Waals surface area contributed by atoms with Crippen molar-refractivity contribution in [3.63, 3.8) is 0 Å². The van der Waals surface area contributed by atoms with Crippen LogP contribution in [-0.2, 0) is 23.8 Å². The molecule has 6 rings (SSSR count). The van der Waals surface area contributed by atoms with Gasteiger partial charge in [-0.1, -0.05) is 33.8 Å². The van der Waals surface area contributed by atoms with Crippen molar-refractivity contribution in [1.29, 1.82) is 0 Å². The van der Waals surface area contributed by atoms with E-state index in [4.69, 9.17) is 19.9 Å². The van der Waals surface area contributed by atoms with Crippen molar-refractivity contribution in [3.8, 4) is 0 Å². The fraction of sp³-hybridized carbons (Fsp3) is 0.758. The van der Waals surface area contributed by atoms with Gasteiger partial charge >= 0.3 is 5.97 Å². The van der Waals surface area contributed by atoms with Crippen molar-refractivity contribution in [2.75, 3.05) is 19.0 Å². The summed E-state index contributed by atoms with van der Waals surface area (Å²) >= 11 is 1.49. The van der Waals surface area contributed by atoms with Gasteiger partial charge in [0, 0.05) is 35.6 Å². The Morgan fingerprint density at radius 3 is 2.70 bits per heavy atom. The number of esters is 1. The highest BCUT2D eigenvalue weighted by atomic mass is 32.2. The number of fused-ring (bicyclic) bond motifs is 1. The molecule has 9 nitrogen and oxygen atoms in total. The molecule has 5 fully saturated rings. The Morgan fingerprint density at radius 2 is 1.93 bits per heavy atom. The first kappa shape index (κ1) is 31.1. The van der Waals surface area contributed by atoms with E-state index in [1.807, 2.05) is 19.1 Å². The average Bonchev–Trinajstić information content (AvgIpc) is 3.67. The van der Waals surface area contributed by atoms with Gasteiger partial charge < -0.3 is 25.1 Å². The predicted octanol–water partition coefficient (Wildman–Crippen LogP) is 3.75. The van der Waals surface area contributed by atoms with Gasteiger partial charge in [-0.2, -0.15) is 0 Å². The molecule has 5 aliphatic rings. The van der Waals surface area contributed by atoms with Crippen molar-refractivity contribution in [2.45, 2.75) is 102 Å². The molecule has 0 amide bonds. The number of hydrogen-bond donors (Lipinski definition) is 2. The van der Waals surface area contributed by atoms with Gasteiger partial charge in [-0.15, -0.1) is 11.8 Å². The molecular formula is C33H47N3O6S. The molecule has 236 valence electrons. The molecule has 0 unspecified atom stereocenters. The lowest BCUT2D eigenvalue weighted by molar-refractivity contribution is -0.205. The van der Waals surface area contributed by atoms with Crippen LogP contribution in [-0.4, -0.2) is 81.5 Å². The van der Waals surface area contributed by atoms with Gasteiger partial charge in [-0.3, -0.25) is 19.6 Å². The second-order valence-electron chi connectivity index (χ2n) is 14.3. The molecule has 2 aliphatic heterocycles. The fourth-order valence-electron chi connectivity index (χ4n) is 9.32. The fourth-order valence-corrected chi connectivity index (χ4v) is 10.3. The molecule has 1 aromatic heterocycles. The number of carbonyl (C=O) groups excluding carboxylic acids is 2. The molecule has 12 atom stereocenters. The quantitative estimate of drug-likeness (QED) is 0.457. The van der Waals surface area contributed by atoms with Crippen LogP contribution in [0.25, 0.3) is 6.08 Å². The van der Waals surface area contributed by atoms with E-state index in [2.05, 4.69) is 37.7 Å². The number of nitrogens with zero attached hydrogens (tertiary/aromatic N) is 2. The third-order valence-corrected chi connectivity index (χ3v) is 13.3. The minimum atomic E-state index is -0.737. The number of aliphatic hydroxyl groups is 1. The molecule has 1 aromatic rings. The number of aryl methyl sites for hydroxylation is 1. The van der Waals surface area contributed by atoms with Crippen molar-refractivity contribution >= 4 is 29.6 Å². The van der Waals surface area contributed by atoms with Crippen LogP contribution in [0, 0.1) is 40.9 Å². The number of ether oxygens (including phenoxy) is 3. The molecule has 3 aliphatic carbocycles. The number of carbonyl (C=O) groups is 2. The van der Waals surface area contributed by atoms with E-state index in [-0.39, 0.29) is 64.2 Å². The number of ketones is 1. The van der Waals surface area contributed by atoms with E-state index in [0.717, 1.165) is 30.7 Å². The Labute approximate surface area is 259 Å². The number of aromatic nitrogens is 2. The van der Waals surface area contributed by atoms with Gasteiger partial charge in [0.1, 0.15) is 18.0 Å². The van der Waals surface area contributed by atoms with E-state index in [9.17, 15) is 14.7 Å². The van der Waals surface area contributed by atoms with E-state index >= 15 is 0 Å². The average molecular weight is 614 g/mol. The van der Waals surface area contributed by atoms with Crippen LogP contribution in [0.1, 0.15) is 71.2 Å². The topological polar surface area (TPSA) is 134 Å². The van der Waals surface area contributed by atoms with Gasteiger partial charge in [-0.25, -0.2) is 0 Å². The van der Waals surface area contributed by atoms with Crippen LogP contribution in [0.15, 0.2) is 18.5 Å². The largest absolute Gasteiger partial charge is 0.461 e. The molecule has 2 saturated heterocycles. The minimum Gasteiger partial charge on any atom is -0.461 e. The molecule has 0 spiro atoms. The summed E-state index contributed by atoms with van der Waals surface area (Å²) < 4.78 is 18.2. The second-order valence-corrected chi connectivity index (χ2v) is 15.6. The van der Waals surface area contributed by atoms with Gasteiger partial charge in [0.15, 0.2) is 0 Å². The van der Waals surface area contributed by atoms with Crippen molar-refractivity contribution in [1.82, 2.24) is 9.97 Å². The predicted molar refractivity (Wildman–Crippen MR) is 164 cm³/mol. The monoisotopic (exact) mass is 613 g/mol. The maximum Gasteiger partial charge on any atom is 0.316 e. The SMILES string of the molecule is Cc1nccnc1/C=C/[C@@]1(C)C[C@@H](OC(=O)CS[C@H]2CO[C@H]3[C@@H]2OC[C@@H]3N)[C@]2(C)[C@H](C)CC[C@]3(CCC(=O)[C@H]32)[C@@H](C)[C@@H]1O. The third-order valence-electron chi connectivity index (χ3n) is 12.1. The van der Waals surface area contributed by atoms with Gasteiger partial charge in [0.05, 0.1) is 53.9 Å². The summed E-state index contributed by atoms with van der Waals surface area (Å²) in [5.41, 5.74) is 6.05. The third kappa shape index (κ3) is 5.09. The van der Waals surface area contributed by atoms with Crippen LogP contribution >= 0.6 is 11.8 Å². The Balaban J connectivity index is 1.32. The van der Waals surface area contributed by atoms with Gasteiger partial charge in [0.2, 0.25) is 0 Å². The maximum absolute atomic E-state index is 13.8. The molecule has 0 aromatic carbocycles. The minimum absolute atomic E-state index is 0.0165. The second kappa shape index (κ2) is 11.5. The van der Waals surface area contributed by atoms with Crippen LogP contribution < -0.4 is 5.73 Å². The standard InChI is InChI=1S/C33H47N3O6S/c1-18-6-10-33-11-8-23(37)29(33)32(18,5)25(42-26(38)17-43-24-16-41-27-21(34)15-40-28(24)27)14-31(4,30(39)19(33)2)9-7-22-20(3)35-12-13-36-22/h7,9,12-13,18-19,21,24-25,27-30,39H,6,8,10-11,14-17,34H2,1-5H3/b9-7+/t18-,19+,21+,24+,25-,27-,28-,29+,30+,31+,32+,33+/m1/s1. The summed E-state index contributed by atoms with van der Waals surface area (Å²) in [5, 5.41) is 12.2. The Hall–Kier alpha value is -1.85. The lowest BCUT2D eigenvalue weighted by Gasteiger charge is -2.61. The summed E-state index contributed by atoms with van der Waals surface area (Å²) in [7, 11) is 0. The molecule has 43 heavy (non-hydrogen) atoms. The van der Waals surface area contributed by atoms with Crippen LogP contribution in [0.2, 0.25) is 0 Å². The maximum atomic E-state index is 13.8. The van der Waals surface area contributed by atoms with Crippen LogP contribution in [0.5, 0.6) is 0 Å². The van der Waals surface area contributed by atoms with Crippen molar-refractivity contribution < 1.29 is 28.9 Å². The lowest BCUT2D eigenvalue weighted by Crippen LogP contribution is -2.63. The lowest BCUT2D eigenvalue weighted by atomic mass is 9.44. The number of hydrogen-bond acceptors (Lipinski definition) is 10. The smallest absolute Gasteiger partial charge is 0.316 e. The number of rotatable bonds is 6. The zero-order valence-corrected chi connectivity index (χ0v) is 26.8. The highest BCUT2D eigenvalue weighted by Crippen LogP contribution is 2.68. The van der Waals surface area contributed by atoms with Gasteiger partial charge in [-0.05, 0) is 55.9 Å². The molecule has 0 radical (unpaired) electrons. The number of thioether (sulfide) groups is 1. The van der Waals surface area contributed by atoms with Crippen LogP contribution in [0.3, 0.4) is 0 Å². The summed E-state index contributed by atoms with van der Waals surface area (Å²) in [4.78, 5) is 36.3. The van der Waals surface area contributed by atoms with E-state index in [1.54, 1.807) is 12.4 Å². The van der Waals surface area contributed by atoms with Crippen LogP contribution in [0.4, 0.5) is 0 Å². The first-order valence-corrected chi connectivity index (χ1v) is 16.9. The van der Waals surface area contributed by atoms with E-state index in [1.165, 1.54) is 11.8 Å². The summed E-state index contributed by atoms with van der Waals surface area (Å²) in [6, 6.07) is -0.139. The normalized spacial score (nSPS) is 45.9. The first-order chi connectivity index (χ1) is 20.4. The molecule has 2 bridgehead atoms. The number of Topliss-reactive ketones (excluding diaryl/α,β-unsaturated/α-hetero) is 1. The summed E-state index contributed by atoms with van der Waals surface area (Å²) in [6.07, 6.45) is 9.29. The Morgan fingerprint density at radius 1 is 1.19 bits per heavy atom. The summed E-state index contributed by atoms with van der Waals surface area (Å²) in [6.45, 7) is 11.4. The first-order valence-electron chi connectivity index (χ1n) is 15.9. The zero-order valence-electron chi connectivity index (χ0n) is 26.0. The molecular weight excluding hydrogens is 566 g/mol. The molecule has 3 N–H and O–H groups in total. The Bertz CT molecular complexity index is 1280. The van der Waals surface area contributed by atoms with Crippen molar-refractivity contribution in [2.24, 2.45) is 39.7 Å².